The molecule has 0 saturated carbocycles. The van der Waals surface area contributed by atoms with Crippen molar-refractivity contribution in [2.45, 2.75) is 78.6 Å². The lowest BCUT2D eigenvalue weighted by Gasteiger charge is -2.31. The summed E-state index contributed by atoms with van der Waals surface area (Å²) in [5.74, 6) is 0. The third kappa shape index (κ3) is 8.53. The quantitative estimate of drug-likeness (QED) is 0.301. The van der Waals surface area contributed by atoms with Gasteiger partial charge in [-0.15, -0.1) is 0 Å². The summed E-state index contributed by atoms with van der Waals surface area (Å²) in [4.78, 5) is 0. The molecule has 18 heavy (non-hydrogen) atoms. The second-order valence-electron chi connectivity index (χ2n) is 5.60. The minimum Gasteiger partial charge on any atom is -0.381 e. The molecule has 2 heteroatoms. The van der Waals surface area contributed by atoms with E-state index >= 15 is 0 Å². The van der Waals surface area contributed by atoms with Crippen molar-refractivity contribution >= 4 is 15.9 Å². The fourth-order valence-corrected chi connectivity index (χ4v) is 3.32. The van der Waals surface area contributed by atoms with Crippen molar-refractivity contribution in [1.29, 1.82) is 0 Å². The average Bonchev–Trinajstić information content (AvgIpc) is 2.38. The van der Waals surface area contributed by atoms with Crippen molar-refractivity contribution in [2.24, 2.45) is 5.41 Å². The van der Waals surface area contributed by atoms with Crippen molar-refractivity contribution in [2.75, 3.05) is 18.5 Å². The summed E-state index contributed by atoms with van der Waals surface area (Å²) in [6, 6.07) is 0. The Balaban J connectivity index is 3.75. The van der Waals surface area contributed by atoms with E-state index in [2.05, 4.69) is 36.7 Å². The van der Waals surface area contributed by atoms with Crippen LogP contribution in [-0.2, 0) is 4.74 Å². The zero-order valence-corrected chi connectivity index (χ0v) is 14.4. The highest BCUT2D eigenvalue weighted by Crippen LogP contribution is 2.32. The molecule has 0 aliphatic rings. The molecule has 0 fully saturated rings. The second-order valence-corrected chi connectivity index (χ2v) is 6.16. The van der Waals surface area contributed by atoms with Gasteiger partial charge in [0.1, 0.15) is 0 Å². The minimum atomic E-state index is 0.382. The molecule has 0 rings (SSSR count). The number of rotatable bonds is 13. The van der Waals surface area contributed by atoms with Gasteiger partial charge in [0.2, 0.25) is 0 Å². The van der Waals surface area contributed by atoms with Crippen molar-refractivity contribution in [1.82, 2.24) is 0 Å². The summed E-state index contributed by atoms with van der Waals surface area (Å²) in [7, 11) is 0. The molecule has 0 spiro atoms. The highest BCUT2D eigenvalue weighted by atomic mass is 79.9. The van der Waals surface area contributed by atoms with E-state index in [0.717, 1.165) is 18.5 Å². The van der Waals surface area contributed by atoms with Crippen LogP contribution in [0, 0.1) is 5.41 Å². The molecular weight excluding hydrogens is 288 g/mol. The number of alkyl halides is 1. The van der Waals surface area contributed by atoms with E-state index in [0.29, 0.717) is 5.41 Å². The average molecular weight is 321 g/mol. The summed E-state index contributed by atoms with van der Waals surface area (Å²) in [6.45, 7) is 8.70. The lowest BCUT2D eigenvalue weighted by Crippen LogP contribution is -2.29. The topological polar surface area (TPSA) is 9.23 Å². The van der Waals surface area contributed by atoms with E-state index in [9.17, 15) is 0 Å². The normalized spacial score (nSPS) is 12.0. The largest absolute Gasteiger partial charge is 0.381 e. The van der Waals surface area contributed by atoms with E-state index in [1.165, 1.54) is 57.8 Å². The van der Waals surface area contributed by atoms with Crippen LogP contribution >= 0.6 is 15.9 Å². The Hall–Kier alpha value is 0.440. The molecule has 0 bridgehead atoms. The minimum absolute atomic E-state index is 0.382. The monoisotopic (exact) mass is 320 g/mol. The first-order chi connectivity index (χ1) is 8.74. The lowest BCUT2D eigenvalue weighted by atomic mass is 9.82. The van der Waals surface area contributed by atoms with Gasteiger partial charge in [-0.1, -0.05) is 75.2 Å². The van der Waals surface area contributed by atoms with Gasteiger partial charge in [-0.05, 0) is 19.3 Å². The molecule has 0 heterocycles. The van der Waals surface area contributed by atoms with Crippen LogP contribution in [0.5, 0.6) is 0 Å². The predicted molar refractivity (Wildman–Crippen MR) is 85.6 cm³/mol. The van der Waals surface area contributed by atoms with Gasteiger partial charge < -0.3 is 4.74 Å². The Kier molecular flexibility index (Phi) is 12.8. The molecule has 0 aromatic heterocycles. The highest BCUT2D eigenvalue weighted by molar-refractivity contribution is 9.09. The Labute approximate surface area is 123 Å². The van der Waals surface area contributed by atoms with Crippen molar-refractivity contribution < 1.29 is 4.74 Å². The van der Waals surface area contributed by atoms with Gasteiger partial charge in [-0.3, -0.25) is 0 Å². The molecule has 0 aliphatic heterocycles. The Morgan fingerprint density at radius 3 is 1.94 bits per heavy atom. The third-order valence-corrected chi connectivity index (χ3v) is 4.83. The molecule has 0 radical (unpaired) electrons. The van der Waals surface area contributed by atoms with Crippen molar-refractivity contribution in [3.63, 3.8) is 0 Å². The molecule has 0 aromatic rings. The van der Waals surface area contributed by atoms with Crippen LogP contribution in [0.25, 0.3) is 0 Å². The first-order valence-corrected chi connectivity index (χ1v) is 9.00. The maximum atomic E-state index is 5.95. The highest BCUT2D eigenvalue weighted by Gasteiger charge is 2.27. The van der Waals surface area contributed by atoms with E-state index in [4.69, 9.17) is 4.74 Å². The fraction of sp³-hybridized carbons (Fsp3) is 1.00. The summed E-state index contributed by atoms with van der Waals surface area (Å²) in [5, 5.41) is 1.08. The van der Waals surface area contributed by atoms with E-state index < -0.39 is 0 Å². The van der Waals surface area contributed by atoms with Crippen LogP contribution < -0.4 is 0 Å². The number of hydrogen-bond donors (Lipinski definition) is 0. The number of ether oxygens (including phenoxy) is 1. The molecule has 0 unspecified atom stereocenters. The van der Waals surface area contributed by atoms with Crippen LogP contribution in [0.1, 0.15) is 78.6 Å². The first-order valence-electron chi connectivity index (χ1n) is 7.88. The van der Waals surface area contributed by atoms with Crippen LogP contribution in [0.2, 0.25) is 0 Å². The van der Waals surface area contributed by atoms with Gasteiger partial charge in [-0.2, -0.15) is 0 Å². The second kappa shape index (κ2) is 12.5. The molecule has 110 valence electrons. The molecule has 1 nitrogen and oxygen atoms in total. The number of unbranched alkanes of at least 4 members (excludes halogenated alkanes) is 4. The molecule has 0 atom stereocenters. The fourth-order valence-electron chi connectivity index (χ4n) is 2.60. The van der Waals surface area contributed by atoms with Gasteiger partial charge in [0.15, 0.2) is 0 Å². The number of halogens is 1. The Morgan fingerprint density at radius 2 is 1.44 bits per heavy atom. The Morgan fingerprint density at radius 1 is 0.833 bits per heavy atom. The zero-order chi connectivity index (χ0) is 13.7. The van der Waals surface area contributed by atoms with Gasteiger partial charge in [0, 0.05) is 17.4 Å². The Bertz CT molecular complexity index is 164. The van der Waals surface area contributed by atoms with E-state index in [1.807, 2.05) is 0 Å². The van der Waals surface area contributed by atoms with Gasteiger partial charge in [0.25, 0.3) is 0 Å². The van der Waals surface area contributed by atoms with Crippen LogP contribution in [0.3, 0.4) is 0 Å². The third-order valence-electron chi connectivity index (χ3n) is 3.64. The van der Waals surface area contributed by atoms with Gasteiger partial charge in [0.05, 0.1) is 6.61 Å². The lowest BCUT2D eigenvalue weighted by molar-refractivity contribution is 0.0434. The SMILES string of the molecule is CCCCCCCOCC(CBr)(CCC)CCC. The molecule has 0 amide bonds. The first kappa shape index (κ1) is 18.4. The van der Waals surface area contributed by atoms with Crippen molar-refractivity contribution in [3.05, 3.63) is 0 Å². The standard InChI is InChI=1S/C16H33BrO/c1-4-7-8-9-10-13-18-15-16(14-17,11-5-2)12-6-3/h4-15H2,1-3H3. The van der Waals surface area contributed by atoms with Gasteiger partial charge >= 0.3 is 0 Å². The molecule has 0 N–H and O–H groups in total. The predicted octanol–water partition coefficient (Wildman–Crippen LogP) is 5.95. The molecular formula is C16H33BrO. The van der Waals surface area contributed by atoms with E-state index in [1.54, 1.807) is 0 Å². The van der Waals surface area contributed by atoms with Crippen LogP contribution in [0.4, 0.5) is 0 Å². The van der Waals surface area contributed by atoms with Crippen LogP contribution in [-0.4, -0.2) is 18.5 Å². The van der Waals surface area contributed by atoms with Gasteiger partial charge in [-0.25, -0.2) is 0 Å². The summed E-state index contributed by atoms with van der Waals surface area (Å²) < 4.78 is 5.95. The summed E-state index contributed by atoms with van der Waals surface area (Å²) in [5.41, 5.74) is 0.382. The summed E-state index contributed by atoms with van der Waals surface area (Å²) >= 11 is 3.70. The maximum absolute atomic E-state index is 5.95. The number of hydrogen-bond acceptors (Lipinski definition) is 1. The van der Waals surface area contributed by atoms with Crippen molar-refractivity contribution in [3.8, 4) is 0 Å². The summed E-state index contributed by atoms with van der Waals surface area (Å²) in [6.07, 6.45) is 11.7. The smallest absolute Gasteiger partial charge is 0.0530 e. The zero-order valence-electron chi connectivity index (χ0n) is 12.8. The molecule has 0 aliphatic carbocycles. The maximum Gasteiger partial charge on any atom is 0.0530 e. The van der Waals surface area contributed by atoms with E-state index in [-0.39, 0.29) is 0 Å². The van der Waals surface area contributed by atoms with Crippen LogP contribution in [0.15, 0.2) is 0 Å². The molecule has 0 saturated heterocycles. The molecule has 0 aromatic carbocycles.